The van der Waals surface area contributed by atoms with Gasteiger partial charge in [0.2, 0.25) is 5.91 Å². The number of alkyl halides is 2. The zero-order valence-corrected chi connectivity index (χ0v) is 18.6. The molecule has 0 fully saturated rings. The van der Waals surface area contributed by atoms with Gasteiger partial charge in [-0.15, -0.1) is 0 Å². The van der Waals surface area contributed by atoms with Crippen LogP contribution in [0.25, 0.3) is 10.9 Å². The molecule has 5 rings (SSSR count). The Hall–Kier alpha value is -3.87. The quantitative estimate of drug-likeness (QED) is 0.412. The first-order chi connectivity index (χ1) is 16.5. The summed E-state index contributed by atoms with van der Waals surface area (Å²) in [5.74, 6) is 0.853. The minimum absolute atomic E-state index is 0.00555. The van der Waals surface area contributed by atoms with Crippen molar-refractivity contribution in [2.24, 2.45) is 0 Å². The molecule has 34 heavy (non-hydrogen) atoms. The first-order valence-corrected chi connectivity index (χ1v) is 11.1. The predicted molar refractivity (Wildman–Crippen MR) is 125 cm³/mol. The third-order valence-electron chi connectivity index (χ3n) is 6.27. The molecule has 0 spiro atoms. The van der Waals surface area contributed by atoms with E-state index in [2.05, 4.69) is 9.72 Å². The standard InChI is InChI=1S/C27H24F2N2O3/c1-33-20-11-12-23-22(16-20)21-13-14-31(24(32)15-17-5-3-2-4-6-17)26(25(21)30-23)18-7-9-19(10-8-18)34-27(28)29/h2-12,16,26-27,30H,13-15H2,1H3. The largest absolute Gasteiger partial charge is 0.497 e. The number of hydrogen-bond donors (Lipinski definition) is 1. The third kappa shape index (κ3) is 4.21. The molecular formula is C27H24F2N2O3. The van der Waals surface area contributed by atoms with Crippen molar-refractivity contribution in [2.75, 3.05) is 13.7 Å². The first kappa shape index (κ1) is 21.9. The van der Waals surface area contributed by atoms with E-state index in [0.717, 1.165) is 39.0 Å². The number of fused-ring (bicyclic) bond motifs is 3. The highest BCUT2D eigenvalue weighted by atomic mass is 19.3. The molecule has 0 saturated heterocycles. The molecule has 0 aliphatic carbocycles. The number of aromatic nitrogens is 1. The summed E-state index contributed by atoms with van der Waals surface area (Å²) in [7, 11) is 1.64. The summed E-state index contributed by atoms with van der Waals surface area (Å²) in [6.45, 7) is -2.34. The van der Waals surface area contributed by atoms with Gasteiger partial charge in [-0.2, -0.15) is 8.78 Å². The third-order valence-corrected chi connectivity index (χ3v) is 6.27. The van der Waals surface area contributed by atoms with E-state index in [0.29, 0.717) is 13.0 Å². The predicted octanol–water partition coefficient (Wildman–Crippen LogP) is 5.49. The molecule has 1 aliphatic heterocycles. The van der Waals surface area contributed by atoms with E-state index >= 15 is 0 Å². The molecule has 1 amide bonds. The van der Waals surface area contributed by atoms with Crippen molar-refractivity contribution in [2.45, 2.75) is 25.5 Å². The van der Waals surface area contributed by atoms with Crippen LogP contribution in [-0.2, 0) is 17.6 Å². The molecule has 174 valence electrons. The van der Waals surface area contributed by atoms with Gasteiger partial charge in [0.15, 0.2) is 0 Å². The first-order valence-electron chi connectivity index (χ1n) is 11.1. The maximum atomic E-state index is 13.5. The van der Waals surface area contributed by atoms with Gasteiger partial charge in [-0.3, -0.25) is 4.79 Å². The number of aromatic amines is 1. The lowest BCUT2D eigenvalue weighted by atomic mass is 9.91. The number of hydrogen-bond acceptors (Lipinski definition) is 3. The van der Waals surface area contributed by atoms with E-state index in [1.807, 2.05) is 53.4 Å². The second-order valence-corrected chi connectivity index (χ2v) is 8.28. The van der Waals surface area contributed by atoms with Crippen LogP contribution < -0.4 is 9.47 Å². The molecule has 1 unspecified atom stereocenters. The Bertz CT molecular complexity index is 1300. The fraction of sp³-hybridized carbons (Fsp3) is 0.222. The lowest BCUT2D eigenvalue weighted by molar-refractivity contribution is -0.132. The number of amides is 1. The smallest absolute Gasteiger partial charge is 0.387 e. The number of carbonyl (C=O) groups excluding carboxylic acids is 1. The maximum Gasteiger partial charge on any atom is 0.387 e. The summed E-state index contributed by atoms with van der Waals surface area (Å²) in [4.78, 5) is 18.8. The molecule has 1 atom stereocenters. The van der Waals surface area contributed by atoms with Crippen LogP contribution in [0.4, 0.5) is 8.78 Å². The number of rotatable bonds is 6. The van der Waals surface area contributed by atoms with Gasteiger partial charge < -0.3 is 19.4 Å². The van der Waals surface area contributed by atoms with Gasteiger partial charge in [-0.05, 0) is 53.4 Å². The van der Waals surface area contributed by atoms with Crippen LogP contribution in [0.1, 0.15) is 28.4 Å². The molecule has 7 heteroatoms. The SMILES string of the molecule is COc1ccc2[nH]c3c(c2c1)CCN(C(=O)Cc1ccccc1)C3c1ccc(OC(F)F)cc1. The molecule has 0 radical (unpaired) electrons. The number of benzene rings is 3. The average molecular weight is 462 g/mol. The van der Waals surface area contributed by atoms with Crippen LogP contribution in [0.3, 0.4) is 0 Å². The van der Waals surface area contributed by atoms with Gasteiger partial charge >= 0.3 is 6.61 Å². The molecule has 0 saturated carbocycles. The highest BCUT2D eigenvalue weighted by molar-refractivity contribution is 5.88. The lowest BCUT2D eigenvalue weighted by Crippen LogP contribution is -2.41. The van der Waals surface area contributed by atoms with Gasteiger partial charge in [-0.1, -0.05) is 42.5 Å². The summed E-state index contributed by atoms with van der Waals surface area (Å²) in [5, 5.41) is 1.06. The minimum atomic E-state index is -2.89. The van der Waals surface area contributed by atoms with Crippen LogP contribution in [0.5, 0.6) is 11.5 Å². The Morgan fingerprint density at radius 2 is 1.79 bits per heavy atom. The zero-order valence-electron chi connectivity index (χ0n) is 18.6. The number of nitrogens with one attached hydrogen (secondary N) is 1. The Morgan fingerprint density at radius 3 is 2.50 bits per heavy atom. The molecule has 1 aromatic heterocycles. The Labute approximate surface area is 195 Å². The number of halogens is 2. The summed E-state index contributed by atoms with van der Waals surface area (Å²) in [6, 6.07) is 21.6. The minimum Gasteiger partial charge on any atom is -0.497 e. The number of nitrogens with zero attached hydrogens (tertiary/aromatic N) is 1. The topological polar surface area (TPSA) is 54.6 Å². The Kier molecular flexibility index (Phi) is 5.92. The molecule has 1 N–H and O–H groups in total. The van der Waals surface area contributed by atoms with Gasteiger partial charge in [0.05, 0.1) is 19.6 Å². The maximum absolute atomic E-state index is 13.5. The van der Waals surface area contributed by atoms with Crippen molar-refractivity contribution in [3.8, 4) is 11.5 Å². The summed E-state index contributed by atoms with van der Waals surface area (Å²) >= 11 is 0. The van der Waals surface area contributed by atoms with E-state index in [-0.39, 0.29) is 24.1 Å². The van der Waals surface area contributed by atoms with Gasteiger partial charge in [0, 0.05) is 23.1 Å². The second kappa shape index (κ2) is 9.17. The molecule has 1 aliphatic rings. The fourth-order valence-electron chi connectivity index (χ4n) is 4.71. The summed E-state index contributed by atoms with van der Waals surface area (Å²) in [6.07, 6.45) is 0.986. The summed E-state index contributed by atoms with van der Waals surface area (Å²) < 4.78 is 35.2. The summed E-state index contributed by atoms with van der Waals surface area (Å²) in [5.41, 5.74) is 4.79. The molecule has 5 nitrogen and oxygen atoms in total. The van der Waals surface area contributed by atoms with Crippen LogP contribution >= 0.6 is 0 Å². The Morgan fingerprint density at radius 1 is 1.06 bits per heavy atom. The number of carbonyl (C=O) groups is 1. The molecule has 2 heterocycles. The van der Waals surface area contributed by atoms with Crippen LogP contribution in [0.2, 0.25) is 0 Å². The van der Waals surface area contributed by atoms with Crippen LogP contribution in [0, 0.1) is 0 Å². The van der Waals surface area contributed by atoms with E-state index in [4.69, 9.17) is 4.74 Å². The van der Waals surface area contributed by atoms with Crippen molar-refractivity contribution in [3.63, 3.8) is 0 Å². The van der Waals surface area contributed by atoms with E-state index in [1.54, 1.807) is 19.2 Å². The monoisotopic (exact) mass is 462 g/mol. The van der Waals surface area contributed by atoms with Crippen molar-refractivity contribution in [1.82, 2.24) is 9.88 Å². The van der Waals surface area contributed by atoms with E-state index in [1.165, 1.54) is 12.1 Å². The number of ether oxygens (including phenoxy) is 2. The van der Waals surface area contributed by atoms with Crippen LogP contribution in [-0.4, -0.2) is 36.1 Å². The Balaban J connectivity index is 1.56. The van der Waals surface area contributed by atoms with Gasteiger partial charge in [-0.25, -0.2) is 0 Å². The van der Waals surface area contributed by atoms with Gasteiger partial charge in [0.25, 0.3) is 0 Å². The molecule has 3 aromatic carbocycles. The fourth-order valence-corrected chi connectivity index (χ4v) is 4.71. The molecular weight excluding hydrogens is 438 g/mol. The van der Waals surface area contributed by atoms with E-state index in [9.17, 15) is 13.6 Å². The van der Waals surface area contributed by atoms with Gasteiger partial charge in [0.1, 0.15) is 11.5 Å². The number of methoxy groups -OCH3 is 1. The van der Waals surface area contributed by atoms with Crippen molar-refractivity contribution >= 4 is 16.8 Å². The van der Waals surface area contributed by atoms with Crippen molar-refractivity contribution < 1.29 is 23.0 Å². The van der Waals surface area contributed by atoms with E-state index < -0.39 is 6.61 Å². The normalized spacial score (nSPS) is 15.4. The highest BCUT2D eigenvalue weighted by Gasteiger charge is 2.34. The van der Waals surface area contributed by atoms with Crippen molar-refractivity contribution in [3.05, 3.63) is 95.2 Å². The highest BCUT2D eigenvalue weighted by Crippen LogP contribution is 2.40. The van der Waals surface area contributed by atoms with Crippen molar-refractivity contribution in [1.29, 1.82) is 0 Å². The second-order valence-electron chi connectivity index (χ2n) is 8.28. The molecule has 4 aromatic rings. The number of H-pyrrole nitrogens is 1. The lowest BCUT2D eigenvalue weighted by Gasteiger charge is -2.36. The van der Waals surface area contributed by atoms with Crippen LogP contribution in [0.15, 0.2) is 72.8 Å². The average Bonchev–Trinajstić information content (AvgIpc) is 3.22. The molecule has 0 bridgehead atoms. The zero-order chi connectivity index (χ0) is 23.7.